The number of aromatic carboxylic acids is 1. The van der Waals surface area contributed by atoms with Crippen LogP contribution in [-0.2, 0) is 11.3 Å². The normalized spacial score (nSPS) is 12.6. The molecule has 0 fully saturated rings. The molecule has 0 unspecified atom stereocenters. The molecule has 1 aromatic heterocycles. The molecule has 21 heavy (non-hydrogen) atoms. The van der Waals surface area contributed by atoms with E-state index < -0.39 is 23.1 Å². The number of carbonyl (C=O) groups is 2. The van der Waals surface area contributed by atoms with Crippen LogP contribution in [0.25, 0.3) is 0 Å². The average molecular weight is 296 g/mol. The summed E-state index contributed by atoms with van der Waals surface area (Å²) < 4.78 is 6.66. The van der Waals surface area contributed by atoms with Crippen LogP contribution in [0.5, 0.6) is 0 Å². The largest absolute Gasteiger partial charge is 0.477 e. The number of hydrogen-bond acceptors (Lipinski definition) is 4. The minimum Gasteiger partial charge on any atom is -0.477 e. The van der Waals surface area contributed by atoms with E-state index in [1.165, 1.54) is 23.0 Å². The van der Waals surface area contributed by atoms with Gasteiger partial charge in [-0.05, 0) is 27.7 Å². The molecule has 0 aliphatic heterocycles. The van der Waals surface area contributed by atoms with E-state index in [0.29, 0.717) is 6.54 Å². The van der Waals surface area contributed by atoms with Crippen LogP contribution >= 0.6 is 0 Å². The van der Waals surface area contributed by atoms with Gasteiger partial charge in [0.2, 0.25) is 0 Å². The number of pyridine rings is 1. The van der Waals surface area contributed by atoms with Crippen LogP contribution < -0.4 is 10.7 Å². The molecule has 0 bridgehead atoms. The van der Waals surface area contributed by atoms with Crippen molar-refractivity contribution in [2.24, 2.45) is 0 Å². The number of carboxylic acids is 1. The molecule has 1 heterocycles. The van der Waals surface area contributed by atoms with Crippen molar-refractivity contribution in [1.29, 1.82) is 0 Å². The number of carbonyl (C=O) groups excluding carboxylic acids is 1. The molecule has 0 saturated heterocycles. The molecule has 2 N–H and O–H groups in total. The smallest absolute Gasteiger partial charge is 0.407 e. The van der Waals surface area contributed by atoms with Crippen molar-refractivity contribution in [1.82, 2.24) is 9.88 Å². The standard InChI is InChI=1S/C14H20N2O5/c1-9(15-13(20)21-14(2,3)4)7-16-6-5-11(17)10(8-16)12(18)19/h5-6,8-9H,7H2,1-4H3,(H,15,20)(H,18,19)/t9-/m0/s1. The number of rotatable bonds is 4. The number of alkyl carbamates (subject to hydrolysis) is 1. The van der Waals surface area contributed by atoms with Gasteiger partial charge < -0.3 is 19.7 Å². The molecule has 0 spiro atoms. The molecule has 1 rings (SSSR count). The molecular formula is C14H20N2O5. The Hall–Kier alpha value is -2.31. The van der Waals surface area contributed by atoms with E-state index >= 15 is 0 Å². The van der Waals surface area contributed by atoms with Crippen LogP contribution in [0.15, 0.2) is 23.3 Å². The lowest BCUT2D eigenvalue weighted by Gasteiger charge is -2.22. The molecule has 0 saturated carbocycles. The fourth-order valence-corrected chi connectivity index (χ4v) is 1.67. The summed E-state index contributed by atoms with van der Waals surface area (Å²) in [7, 11) is 0. The topological polar surface area (TPSA) is 97.6 Å². The highest BCUT2D eigenvalue weighted by Gasteiger charge is 2.18. The Morgan fingerprint density at radius 1 is 1.43 bits per heavy atom. The van der Waals surface area contributed by atoms with E-state index in [2.05, 4.69) is 5.32 Å². The predicted octanol–water partition coefficient (Wildman–Crippen LogP) is 1.46. The summed E-state index contributed by atoms with van der Waals surface area (Å²) >= 11 is 0. The lowest BCUT2D eigenvalue weighted by Crippen LogP contribution is -2.39. The van der Waals surface area contributed by atoms with Gasteiger partial charge >= 0.3 is 12.1 Å². The zero-order valence-corrected chi connectivity index (χ0v) is 12.5. The Labute approximate surface area is 122 Å². The minimum atomic E-state index is -1.28. The van der Waals surface area contributed by atoms with E-state index in [1.54, 1.807) is 27.7 Å². The average Bonchev–Trinajstić information content (AvgIpc) is 2.28. The Morgan fingerprint density at radius 3 is 2.57 bits per heavy atom. The van der Waals surface area contributed by atoms with Gasteiger partial charge in [-0.1, -0.05) is 0 Å². The molecular weight excluding hydrogens is 276 g/mol. The quantitative estimate of drug-likeness (QED) is 0.876. The summed E-state index contributed by atoms with van der Waals surface area (Å²) in [4.78, 5) is 33.8. The molecule has 0 aromatic carbocycles. The predicted molar refractivity (Wildman–Crippen MR) is 76.5 cm³/mol. The van der Waals surface area contributed by atoms with Gasteiger partial charge in [-0.3, -0.25) is 4.79 Å². The Morgan fingerprint density at radius 2 is 2.05 bits per heavy atom. The fourth-order valence-electron chi connectivity index (χ4n) is 1.67. The summed E-state index contributed by atoms with van der Waals surface area (Å²) in [6, 6.07) is 0.896. The van der Waals surface area contributed by atoms with E-state index in [1.807, 2.05) is 0 Å². The van der Waals surface area contributed by atoms with Crippen LogP contribution in [0.3, 0.4) is 0 Å². The molecule has 1 aromatic rings. The van der Waals surface area contributed by atoms with Gasteiger partial charge in [0.25, 0.3) is 0 Å². The van der Waals surface area contributed by atoms with E-state index in [0.717, 1.165) is 0 Å². The van der Waals surface area contributed by atoms with Crippen LogP contribution in [-0.4, -0.2) is 33.4 Å². The molecule has 116 valence electrons. The van der Waals surface area contributed by atoms with Crippen molar-refractivity contribution in [3.63, 3.8) is 0 Å². The summed E-state index contributed by atoms with van der Waals surface area (Å²) in [5.74, 6) is -1.28. The van der Waals surface area contributed by atoms with Crippen molar-refractivity contribution >= 4 is 12.1 Å². The molecule has 7 heteroatoms. The van der Waals surface area contributed by atoms with Crippen LogP contribution in [0.4, 0.5) is 4.79 Å². The van der Waals surface area contributed by atoms with Gasteiger partial charge in [0.15, 0.2) is 5.43 Å². The maximum Gasteiger partial charge on any atom is 0.407 e. The maximum atomic E-state index is 11.6. The SMILES string of the molecule is C[C@@H](Cn1ccc(=O)c(C(=O)O)c1)NC(=O)OC(C)(C)C. The highest BCUT2D eigenvalue weighted by molar-refractivity contribution is 5.86. The summed E-state index contributed by atoms with van der Waals surface area (Å²) in [6.07, 6.45) is 2.18. The lowest BCUT2D eigenvalue weighted by molar-refractivity contribution is 0.0503. The Bertz CT molecular complexity index is 586. The van der Waals surface area contributed by atoms with Gasteiger partial charge in [-0.25, -0.2) is 9.59 Å². The van der Waals surface area contributed by atoms with Gasteiger partial charge in [0, 0.05) is 31.0 Å². The van der Waals surface area contributed by atoms with Crippen molar-refractivity contribution in [2.75, 3.05) is 0 Å². The van der Waals surface area contributed by atoms with Crippen LogP contribution in [0.1, 0.15) is 38.1 Å². The van der Waals surface area contributed by atoms with Gasteiger partial charge in [-0.15, -0.1) is 0 Å². The first kappa shape index (κ1) is 16.7. The van der Waals surface area contributed by atoms with E-state index in [4.69, 9.17) is 9.84 Å². The number of aromatic nitrogens is 1. The molecule has 0 aliphatic carbocycles. The number of nitrogens with zero attached hydrogens (tertiary/aromatic N) is 1. The van der Waals surface area contributed by atoms with Gasteiger partial charge in [0.1, 0.15) is 11.2 Å². The number of nitrogens with one attached hydrogen (secondary N) is 1. The van der Waals surface area contributed by atoms with Crippen molar-refractivity contribution in [3.8, 4) is 0 Å². The molecule has 0 radical (unpaired) electrons. The second-order valence-corrected chi connectivity index (χ2v) is 5.77. The fraction of sp³-hybridized carbons (Fsp3) is 0.500. The monoisotopic (exact) mass is 296 g/mol. The van der Waals surface area contributed by atoms with E-state index in [-0.39, 0.29) is 11.6 Å². The second kappa shape index (κ2) is 6.43. The molecule has 7 nitrogen and oxygen atoms in total. The third kappa shape index (κ3) is 5.68. The highest BCUT2D eigenvalue weighted by atomic mass is 16.6. The zero-order valence-electron chi connectivity index (χ0n) is 12.5. The summed E-state index contributed by atoms with van der Waals surface area (Å²) in [5.41, 5.74) is -1.44. The van der Waals surface area contributed by atoms with Crippen molar-refractivity contribution in [2.45, 2.75) is 45.9 Å². The minimum absolute atomic E-state index is 0.288. The molecule has 0 aliphatic rings. The van der Waals surface area contributed by atoms with E-state index in [9.17, 15) is 14.4 Å². The number of ether oxygens (including phenoxy) is 1. The van der Waals surface area contributed by atoms with Gasteiger partial charge in [0.05, 0.1) is 0 Å². The first-order valence-electron chi connectivity index (χ1n) is 6.51. The Kier molecular flexibility index (Phi) is 5.12. The molecule has 1 atom stereocenters. The molecule has 1 amide bonds. The second-order valence-electron chi connectivity index (χ2n) is 5.77. The van der Waals surface area contributed by atoms with Crippen molar-refractivity contribution < 1.29 is 19.4 Å². The first-order valence-corrected chi connectivity index (χ1v) is 6.51. The third-order valence-electron chi connectivity index (χ3n) is 2.46. The Balaban J connectivity index is 2.69. The third-order valence-corrected chi connectivity index (χ3v) is 2.46. The van der Waals surface area contributed by atoms with Crippen molar-refractivity contribution in [3.05, 3.63) is 34.2 Å². The summed E-state index contributed by atoms with van der Waals surface area (Å²) in [6.45, 7) is 7.36. The van der Waals surface area contributed by atoms with Gasteiger partial charge in [-0.2, -0.15) is 0 Å². The van der Waals surface area contributed by atoms with Crippen LogP contribution in [0, 0.1) is 0 Å². The summed E-state index contributed by atoms with van der Waals surface area (Å²) in [5, 5.41) is 11.5. The number of carboxylic acid groups (broad SMARTS) is 1. The number of amides is 1. The van der Waals surface area contributed by atoms with Crippen LogP contribution in [0.2, 0.25) is 0 Å². The number of hydrogen-bond donors (Lipinski definition) is 2. The highest BCUT2D eigenvalue weighted by Crippen LogP contribution is 2.07. The first-order chi connectivity index (χ1) is 9.58. The zero-order chi connectivity index (χ0) is 16.2. The maximum absolute atomic E-state index is 11.6. The lowest BCUT2D eigenvalue weighted by atomic mass is 10.2.